The first kappa shape index (κ1) is 11.5. The van der Waals surface area contributed by atoms with Crippen molar-refractivity contribution in [3.8, 4) is 0 Å². The summed E-state index contributed by atoms with van der Waals surface area (Å²) in [6.45, 7) is 6.64. The number of likely N-dealkylation sites (tertiary alicyclic amines) is 1. The Hall–Kier alpha value is -1.02. The second-order valence-corrected chi connectivity index (χ2v) is 4.87. The minimum Gasteiger partial charge on any atom is -0.399 e. The van der Waals surface area contributed by atoms with Crippen LogP contribution < -0.4 is 5.73 Å². The number of rotatable bonds is 3. The van der Waals surface area contributed by atoms with E-state index in [4.69, 9.17) is 5.73 Å². The van der Waals surface area contributed by atoms with Crippen molar-refractivity contribution in [1.82, 2.24) is 4.90 Å². The van der Waals surface area contributed by atoms with Gasteiger partial charge in [-0.3, -0.25) is 4.90 Å². The number of anilines is 1. The molecule has 0 spiro atoms. The minimum atomic E-state index is 0.780. The lowest BCUT2D eigenvalue weighted by Gasteiger charge is -2.23. The maximum absolute atomic E-state index is 5.94. The van der Waals surface area contributed by atoms with Crippen molar-refractivity contribution in [2.75, 3.05) is 12.3 Å². The minimum absolute atomic E-state index is 0.780. The van der Waals surface area contributed by atoms with Crippen molar-refractivity contribution in [3.05, 3.63) is 29.3 Å². The number of benzene rings is 1. The summed E-state index contributed by atoms with van der Waals surface area (Å²) in [5, 5.41) is 0. The molecule has 1 aromatic carbocycles. The molecule has 2 rings (SSSR count). The average Bonchev–Trinajstić information content (AvgIpc) is 2.71. The molecule has 1 atom stereocenters. The molecule has 1 aliphatic rings. The van der Waals surface area contributed by atoms with Gasteiger partial charge in [0.05, 0.1) is 0 Å². The zero-order valence-electron chi connectivity index (χ0n) is 10.4. The zero-order valence-corrected chi connectivity index (χ0v) is 10.4. The van der Waals surface area contributed by atoms with E-state index in [0.29, 0.717) is 0 Å². The second kappa shape index (κ2) is 4.88. The summed E-state index contributed by atoms with van der Waals surface area (Å²) in [6, 6.07) is 7.24. The topological polar surface area (TPSA) is 29.3 Å². The van der Waals surface area contributed by atoms with Crippen LogP contribution in [0.15, 0.2) is 18.2 Å². The molecule has 0 amide bonds. The van der Waals surface area contributed by atoms with Crippen LogP contribution in [0.4, 0.5) is 5.69 Å². The highest BCUT2D eigenvalue weighted by Gasteiger charge is 2.22. The molecule has 1 aliphatic heterocycles. The molecule has 1 aromatic rings. The van der Waals surface area contributed by atoms with Gasteiger partial charge in [0.2, 0.25) is 0 Å². The first-order valence-corrected chi connectivity index (χ1v) is 6.29. The Morgan fingerprint density at radius 2 is 2.25 bits per heavy atom. The lowest BCUT2D eigenvalue weighted by molar-refractivity contribution is 0.240. The number of nitrogen functional groups attached to an aromatic ring is 1. The predicted molar refractivity (Wildman–Crippen MR) is 69.3 cm³/mol. The van der Waals surface area contributed by atoms with E-state index in [-0.39, 0.29) is 0 Å². The average molecular weight is 218 g/mol. The summed E-state index contributed by atoms with van der Waals surface area (Å²) >= 11 is 0. The molecular weight excluding hydrogens is 196 g/mol. The van der Waals surface area contributed by atoms with Crippen LogP contribution in [0.3, 0.4) is 0 Å². The smallest absolute Gasteiger partial charge is 0.0346 e. The van der Waals surface area contributed by atoms with Crippen LogP contribution in [0.25, 0.3) is 0 Å². The Morgan fingerprint density at radius 3 is 2.94 bits per heavy atom. The molecule has 0 aromatic heterocycles. The van der Waals surface area contributed by atoms with Gasteiger partial charge >= 0.3 is 0 Å². The quantitative estimate of drug-likeness (QED) is 0.790. The number of nitrogens with two attached hydrogens (primary N) is 1. The first-order valence-electron chi connectivity index (χ1n) is 6.29. The molecule has 2 nitrogen and oxygen atoms in total. The summed E-state index contributed by atoms with van der Waals surface area (Å²) in [5.74, 6) is 0. The molecule has 0 aliphatic carbocycles. The van der Waals surface area contributed by atoms with Crippen molar-refractivity contribution in [2.45, 2.75) is 45.7 Å². The molecule has 2 heteroatoms. The predicted octanol–water partition coefficient (Wildman–Crippen LogP) is 2.95. The van der Waals surface area contributed by atoms with Gasteiger partial charge in [-0.1, -0.05) is 19.1 Å². The Kier molecular flexibility index (Phi) is 3.49. The van der Waals surface area contributed by atoms with Crippen LogP contribution in [-0.2, 0) is 6.54 Å². The van der Waals surface area contributed by atoms with Crippen molar-refractivity contribution in [2.24, 2.45) is 0 Å². The molecule has 88 valence electrons. The maximum Gasteiger partial charge on any atom is 0.0346 e. The van der Waals surface area contributed by atoms with Gasteiger partial charge in [-0.2, -0.15) is 0 Å². The Bertz CT molecular complexity index is 360. The monoisotopic (exact) mass is 218 g/mol. The van der Waals surface area contributed by atoms with E-state index in [9.17, 15) is 0 Å². The van der Waals surface area contributed by atoms with E-state index in [1.807, 2.05) is 0 Å². The largest absolute Gasteiger partial charge is 0.399 e. The maximum atomic E-state index is 5.94. The molecule has 2 N–H and O–H groups in total. The van der Waals surface area contributed by atoms with Gasteiger partial charge in [0.1, 0.15) is 0 Å². The number of hydrogen-bond acceptors (Lipinski definition) is 2. The molecule has 0 saturated carbocycles. The molecule has 1 saturated heterocycles. The zero-order chi connectivity index (χ0) is 11.5. The van der Waals surface area contributed by atoms with E-state index in [1.54, 1.807) is 0 Å². The van der Waals surface area contributed by atoms with Gasteiger partial charge in [-0.25, -0.2) is 0 Å². The third-order valence-corrected chi connectivity index (χ3v) is 3.70. The normalized spacial score (nSPS) is 21.5. The van der Waals surface area contributed by atoms with Crippen LogP contribution in [-0.4, -0.2) is 17.5 Å². The fourth-order valence-corrected chi connectivity index (χ4v) is 2.59. The van der Waals surface area contributed by atoms with Gasteiger partial charge in [0.25, 0.3) is 0 Å². The van der Waals surface area contributed by atoms with Crippen LogP contribution in [0, 0.1) is 6.92 Å². The highest BCUT2D eigenvalue weighted by Crippen LogP contribution is 2.23. The van der Waals surface area contributed by atoms with Crippen LogP contribution in [0.1, 0.15) is 37.3 Å². The van der Waals surface area contributed by atoms with E-state index in [0.717, 1.165) is 18.3 Å². The molecule has 0 radical (unpaired) electrons. The first-order chi connectivity index (χ1) is 7.70. The fourth-order valence-electron chi connectivity index (χ4n) is 2.59. The van der Waals surface area contributed by atoms with E-state index < -0.39 is 0 Å². The molecule has 1 unspecified atom stereocenters. The van der Waals surface area contributed by atoms with E-state index in [2.05, 4.69) is 36.9 Å². The summed E-state index contributed by atoms with van der Waals surface area (Å²) in [6.07, 6.45) is 3.97. The highest BCUT2D eigenvalue weighted by atomic mass is 15.2. The number of hydrogen-bond donors (Lipinski definition) is 1. The van der Waals surface area contributed by atoms with Crippen LogP contribution in [0.5, 0.6) is 0 Å². The molecule has 0 bridgehead atoms. The standard InChI is InChI=1S/C14H22N2/c1-3-13-5-4-8-16(13)10-12-7-6-11(2)14(15)9-12/h6-7,9,13H,3-5,8,10,15H2,1-2H3. The second-order valence-electron chi connectivity index (χ2n) is 4.87. The fraction of sp³-hybridized carbons (Fsp3) is 0.571. The summed E-state index contributed by atoms with van der Waals surface area (Å²) in [5.41, 5.74) is 9.39. The van der Waals surface area contributed by atoms with Crippen LogP contribution >= 0.6 is 0 Å². The number of aryl methyl sites for hydroxylation is 1. The highest BCUT2D eigenvalue weighted by molar-refractivity contribution is 5.48. The third-order valence-electron chi connectivity index (χ3n) is 3.70. The van der Waals surface area contributed by atoms with Gasteiger partial charge in [-0.15, -0.1) is 0 Å². The van der Waals surface area contributed by atoms with E-state index >= 15 is 0 Å². The number of nitrogens with zero attached hydrogens (tertiary/aromatic N) is 1. The van der Waals surface area contributed by atoms with Crippen molar-refractivity contribution in [1.29, 1.82) is 0 Å². The SMILES string of the molecule is CCC1CCCN1Cc1ccc(C)c(N)c1. The van der Waals surface area contributed by atoms with Gasteiger partial charge in [0.15, 0.2) is 0 Å². The Balaban J connectivity index is 2.05. The lowest BCUT2D eigenvalue weighted by atomic mass is 10.1. The van der Waals surface area contributed by atoms with Gasteiger partial charge < -0.3 is 5.73 Å². The van der Waals surface area contributed by atoms with Crippen molar-refractivity contribution >= 4 is 5.69 Å². The molecule has 16 heavy (non-hydrogen) atoms. The lowest BCUT2D eigenvalue weighted by Crippen LogP contribution is -2.28. The molecular formula is C14H22N2. The van der Waals surface area contributed by atoms with Crippen LogP contribution in [0.2, 0.25) is 0 Å². The van der Waals surface area contributed by atoms with Crippen molar-refractivity contribution in [3.63, 3.8) is 0 Å². The molecule has 1 heterocycles. The van der Waals surface area contributed by atoms with Gasteiger partial charge in [0, 0.05) is 18.3 Å². The van der Waals surface area contributed by atoms with Crippen molar-refractivity contribution < 1.29 is 0 Å². The third kappa shape index (κ3) is 2.38. The summed E-state index contributed by atoms with van der Waals surface area (Å²) in [7, 11) is 0. The summed E-state index contributed by atoms with van der Waals surface area (Å²) in [4.78, 5) is 2.59. The molecule has 1 fully saturated rings. The Labute approximate surface area is 98.4 Å². The Morgan fingerprint density at radius 1 is 1.44 bits per heavy atom. The van der Waals surface area contributed by atoms with Gasteiger partial charge in [-0.05, 0) is 49.9 Å². The van der Waals surface area contributed by atoms with E-state index in [1.165, 1.54) is 36.9 Å². The summed E-state index contributed by atoms with van der Waals surface area (Å²) < 4.78 is 0.